The molecule has 1 atom stereocenters. The van der Waals surface area contributed by atoms with Gasteiger partial charge in [0.2, 0.25) is 0 Å². The number of halogens is 1. The Hall–Kier alpha value is -0.930. The van der Waals surface area contributed by atoms with Crippen LogP contribution in [-0.2, 0) is 0 Å². The zero-order valence-electron chi connectivity index (χ0n) is 7.25. The zero-order chi connectivity index (χ0) is 9.42. The van der Waals surface area contributed by atoms with Crippen molar-refractivity contribution in [2.75, 3.05) is 0 Å². The minimum atomic E-state index is -0.166. The third kappa shape index (κ3) is 1.45. The fraction of sp³-hybridized carbons (Fsp3) is 0.200. The molecule has 2 N–H and O–H groups in total. The molecule has 2 aromatic rings. The fourth-order valence-electron chi connectivity index (χ4n) is 1.27. The van der Waals surface area contributed by atoms with Crippen LogP contribution < -0.4 is 5.73 Å². The molecule has 1 unspecified atom stereocenters. The van der Waals surface area contributed by atoms with Crippen molar-refractivity contribution in [1.29, 1.82) is 0 Å². The van der Waals surface area contributed by atoms with Gasteiger partial charge >= 0.3 is 0 Å². The van der Waals surface area contributed by atoms with Crippen molar-refractivity contribution in [2.24, 2.45) is 5.73 Å². The molecule has 0 bridgehead atoms. The Labute approximate surface area is 80.0 Å². The lowest BCUT2D eigenvalue weighted by Crippen LogP contribution is -2.01. The highest BCUT2D eigenvalue weighted by molar-refractivity contribution is 7.19. The summed E-state index contributed by atoms with van der Waals surface area (Å²) in [6.45, 7) is 1.91. The number of hydrogen-bond acceptors (Lipinski definition) is 2. The second kappa shape index (κ2) is 3.09. The highest BCUT2D eigenvalue weighted by Gasteiger charge is 2.07. The number of hydrogen-bond donors (Lipinski definition) is 1. The second-order valence-electron chi connectivity index (χ2n) is 3.09. The van der Waals surface area contributed by atoms with E-state index >= 15 is 0 Å². The summed E-state index contributed by atoms with van der Waals surface area (Å²) in [6.07, 6.45) is 0. The molecule has 1 heterocycles. The van der Waals surface area contributed by atoms with Crippen molar-refractivity contribution >= 4 is 21.4 Å². The Morgan fingerprint density at radius 3 is 2.85 bits per heavy atom. The third-order valence-corrected chi connectivity index (χ3v) is 3.28. The number of fused-ring (bicyclic) bond motifs is 1. The molecule has 3 heteroatoms. The van der Waals surface area contributed by atoms with Crippen LogP contribution >= 0.6 is 11.3 Å². The molecule has 0 aliphatic carbocycles. The predicted octanol–water partition coefficient (Wildman–Crippen LogP) is 3.06. The van der Waals surface area contributed by atoms with E-state index in [9.17, 15) is 4.39 Å². The molecule has 0 amide bonds. The summed E-state index contributed by atoms with van der Waals surface area (Å²) < 4.78 is 14.2. The van der Waals surface area contributed by atoms with E-state index in [2.05, 4.69) is 0 Å². The van der Waals surface area contributed by atoms with Gasteiger partial charge in [0.15, 0.2) is 0 Å². The first-order valence-electron chi connectivity index (χ1n) is 4.12. The van der Waals surface area contributed by atoms with Gasteiger partial charge in [-0.1, -0.05) is 6.07 Å². The van der Waals surface area contributed by atoms with E-state index in [0.717, 1.165) is 9.58 Å². The molecule has 0 aliphatic rings. The van der Waals surface area contributed by atoms with E-state index in [1.807, 2.05) is 19.1 Å². The molecular weight excluding hydrogens is 185 g/mol. The van der Waals surface area contributed by atoms with E-state index < -0.39 is 0 Å². The van der Waals surface area contributed by atoms with Gasteiger partial charge < -0.3 is 5.73 Å². The molecule has 2 rings (SSSR count). The van der Waals surface area contributed by atoms with Crippen LogP contribution in [-0.4, -0.2) is 0 Å². The van der Waals surface area contributed by atoms with Gasteiger partial charge in [0.1, 0.15) is 5.82 Å². The first-order chi connectivity index (χ1) is 6.18. The van der Waals surface area contributed by atoms with Crippen molar-refractivity contribution in [3.05, 3.63) is 35.0 Å². The Kier molecular flexibility index (Phi) is 2.06. The van der Waals surface area contributed by atoms with E-state index in [-0.39, 0.29) is 11.9 Å². The Bertz CT molecular complexity index is 433. The lowest BCUT2D eigenvalue weighted by Gasteiger charge is -1.96. The molecule has 68 valence electrons. The van der Waals surface area contributed by atoms with Crippen molar-refractivity contribution in [1.82, 2.24) is 0 Å². The monoisotopic (exact) mass is 195 g/mol. The quantitative estimate of drug-likeness (QED) is 0.743. The van der Waals surface area contributed by atoms with Gasteiger partial charge in [-0.2, -0.15) is 0 Å². The summed E-state index contributed by atoms with van der Waals surface area (Å²) >= 11 is 1.55. The lowest BCUT2D eigenvalue weighted by atomic mass is 10.2. The van der Waals surface area contributed by atoms with Gasteiger partial charge in [-0.25, -0.2) is 4.39 Å². The molecule has 1 aromatic heterocycles. The van der Waals surface area contributed by atoms with Crippen LogP contribution in [0.15, 0.2) is 24.3 Å². The van der Waals surface area contributed by atoms with Gasteiger partial charge in [0, 0.05) is 21.0 Å². The SMILES string of the molecule is CC(N)c1cc2c(F)cccc2s1. The van der Waals surface area contributed by atoms with Gasteiger partial charge in [0.25, 0.3) is 0 Å². The highest BCUT2D eigenvalue weighted by Crippen LogP contribution is 2.30. The molecule has 1 nitrogen and oxygen atoms in total. The lowest BCUT2D eigenvalue weighted by molar-refractivity contribution is 0.640. The molecule has 0 saturated carbocycles. The van der Waals surface area contributed by atoms with Gasteiger partial charge in [-0.05, 0) is 25.1 Å². The van der Waals surface area contributed by atoms with Gasteiger partial charge in [-0.15, -0.1) is 11.3 Å². The van der Waals surface area contributed by atoms with E-state index in [0.29, 0.717) is 5.39 Å². The average Bonchev–Trinajstić information content (AvgIpc) is 2.49. The number of benzene rings is 1. The number of nitrogens with two attached hydrogens (primary N) is 1. The maximum absolute atomic E-state index is 13.2. The van der Waals surface area contributed by atoms with Crippen molar-refractivity contribution in [3.8, 4) is 0 Å². The average molecular weight is 195 g/mol. The standard InChI is InChI=1S/C10H10FNS/c1-6(12)10-5-7-8(11)3-2-4-9(7)13-10/h2-6H,12H2,1H3. The molecule has 0 saturated heterocycles. The van der Waals surface area contributed by atoms with Crippen LogP contribution in [0.25, 0.3) is 10.1 Å². The summed E-state index contributed by atoms with van der Waals surface area (Å²) in [5, 5.41) is 0.680. The largest absolute Gasteiger partial charge is 0.324 e. The van der Waals surface area contributed by atoms with Crippen LogP contribution in [0, 0.1) is 5.82 Å². The zero-order valence-corrected chi connectivity index (χ0v) is 8.07. The van der Waals surface area contributed by atoms with E-state index in [1.165, 1.54) is 6.07 Å². The van der Waals surface area contributed by atoms with Crippen molar-refractivity contribution in [3.63, 3.8) is 0 Å². The Morgan fingerprint density at radius 1 is 1.46 bits per heavy atom. The van der Waals surface area contributed by atoms with Crippen LogP contribution in [0.1, 0.15) is 17.8 Å². The predicted molar refractivity (Wildman–Crippen MR) is 54.4 cm³/mol. The second-order valence-corrected chi connectivity index (χ2v) is 4.20. The molecule has 0 fully saturated rings. The highest BCUT2D eigenvalue weighted by atomic mass is 32.1. The van der Waals surface area contributed by atoms with Crippen LogP contribution in [0.4, 0.5) is 4.39 Å². The number of rotatable bonds is 1. The van der Waals surface area contributed by atoms with Crippen LogP contribution in [0.5, 0.6) is 0 Å². The topological polar surface area (TPSA) is 26.0 Å². The maximum atomic E-state index is 13.2. The maximum Gasteiger partial charge on any atom is 0.131 e. The van der Waals surface area contributed by atoms with Gasteiger partial charge in [0.05, 0.1) is 0 Å². The van der Waals surface area contributed by atoms with Crippen LogP contribution in [0.2, 0.25) is 0 Å². The minimum Gasteiger partial charge on any atom is -0.324 e. The molecule has 13 heavy (non-hydrogen) atoms. The smallest absolute Gasteiger partial charge is 0.131 e. The minimum absolute atomic E-state index is 0.0169. The van der Waals surface area contributed by atoms with E-state index in [4.69, 9.17) is 5.73 Å². The fourth-order valence-corrected chi connectivity index (χ4v) is 2.30. The molecular formula is C10H10FNS. The third-order valence-electron chi connectivity index (χ3n) is 1.98. The van der Waals surface area contributed by atoms with E-state index in [1.54, 1.807) is 17.4 Å². The molecule has 0 aliphatic heterocycles. The molecule has 0 radical (unpaired) electrons. The molecule has 1 aromatic carbocycles. The Balaban J connectivity index is 2.68. The first kappa shape index (κ1) is 8.66. The van der Waals surface area contributed by atoms with Crippen molar-refractivity contribution < 1.29 is 4.39 Å². The summed E-state index contributed by atoms with van der Waals surface area (Å²) in [5.74, 6) is -0.166. The normalized spacial score (nSPS) is 13.5. The molecule has 0 spiro atoms. The summed E-state index contributed by atoms with van der Waals surface area (Å²) in [5.41, 5.74) is 5.72. The van der Waals surface area contributed by atoms with Crippen molar-refractivity contribution in [2.45, 2.75) is 13.0 Å². The Morgan fingerprint density at radius 2 is 2.23 bits per heavy atom. The van der Waals surface area contributed by atoms with Crippen LogP contribution in [0.3, 0.4) is 0 Å². The first-order valence-corrected chi connectivity index (χ1v) is 4.93. The summed E-state index contributed by atoms with van der Waals surface area (Å²) in [6, 6.07) is 6.92. The number of thiophene rings is 1. The van der Waals surface area contributed by atoms with Gasteiger partial charge in [-0.3, -0.25) is 0 Å². The summed E-state index contributed by atoms with van der Waals surface area (Å²) in [7, 11) is 0. The summed E-state index contributed by atoms with van der Waals surface area (Å²) in [4.78, 5) is 1.03.